The third-order valence-corrected chi connectivity index (χ3v) is 2.94. The lowest BCUT2D eigenvalue weighted by Crippen LogP contribution is -1.94. The highest BCUT2D eigenvalue weighted by molar-refractivity contribution is 6.30. The van der Waals surface area contributed by atoms with Crippen LogP contribution in [0.1, 0.15) is 0 Å². The molecule has 0 spiro atoms. The van der Waals surface area contributed by atoms with Crippen LogP contribution in [0.15, 0.2) is 54.9 Å². The zero-order valence-electron chi connectivity index (χ0n) is 9.79. The summed E-state index contributed by atoms with van der Waals surface area (Å²) in [6, 6.07) is 13.4. The molecule has 0 atom stereocenters. The number of hydrogen-bond acceptors (Lipinski definition) is 2. The van der Waals surface area contributed by atoms with Crippen molar-refractivity contribution >= 4 is 11.6 Å². The Morgan fingerprint density at radius 2 is 1.63 bits per heavy atom. The normalized spacial score (nSPS) is 10.6. The Bertz CT molecular complexity index is 629. The van der Waals surface area contributed by atoms with E-state index in [1.165, 1.54) is 12.1 Å². The molecule has 1 heterocycles. The third-order valence-electron chi connectivity index (χ3n) is 2.69. The minimum Gasteiger partial charge on any atom is -0.220 e. The predicted octanol–water partition coefficient (Wildman–Crippen LogP) is 3.73. The van der Waals surface area contributed by atoms with Crippen molar-refractivity contribution in [1.29, 1.82) is 0 Å². The van der Waals surface area contributed by atoms with Gasteiger partial charge in [0.2, 0.25) is 0 Å². The van der Waals surface area contributed by atoms with Crippen molar-refractivity contribution in [3.05, 3.63) is 65.7 Å². The zero-order chi connectivity index (χ0) is 13.2. The topological polar surface area (TPSA) is 30.7 Å². The molecule has 0 saturated heterocycles. The van der Waals surface area contributed by atoms with Crippen LogP contribution in [-0.4, -0.2) is 14.8 Å². The van der Waals surface area contributed by atoms with Crippen molar-refractivity contribution in [2.24, 2.45) is 0 Å². The summed E-state index contributed by atoms with van der Waals surface area (Å²) in [5, 5.41) is 5.02. The summed E-state index contributed by atoms with van der Waals surface area (Å²) in [6.07, 6.45) is 1.59. The molecule has 0 unspecified atom stereocenters. The summed E-state index contributed by atoms with van der Waals surface area (Å²) in [5.74, 6) is 0.322. The van der Waals surface area contributed by atoms with E-state index < -0.39 is 0 Å². The van der Waals surface area contributed by atoms with Gasteiger partial charge in [0.15, 0.2) is 5.82 Å². The van der Waals surface area contributed by atoms with Gasteiger partial charge in [-0.1, -0.05) is 11.6 Å². The number of benzene rings is 2. The number of hydrogen-bond donors (Lipinski definition) is 0. The van der Waals surface area contributed by atoms with Gasteiger partial charge >= 0.3 is 0 Å². The molecular weight excluding hydrogens is 265 g/mol. The van der Waals surface area contributed by atoms with Gasteiger partial charge in [-0.25, -0.2) is 14.1 Å². The summed E-state index contributed by atoms with van der Waals surface area (Å²) >= 11 is 5.83. The van der Waals surface area contributed by atoms with Gasteiger partial charge in [-0.15, -0.1) is 5.10 Å². The second-order valence-corrected chi connectivity index (χ2v) is 4.43. The molecule has 1 aromatic heterocycles. The minimum absolute atomic E-state index is 0.276. The molecule has 3 rings (SSSR count). The van der Waals surface area contributed by atoms with Gasteiger partial charge in [-0.3, -0.25) is 0 Å². The van der Waals surface area contributed by atoms with Crippen LogP contribution in [0.3, 0.4) is 0 Å². The number of halogens is 2. The predicted molar refractivity (Wildman–Crippen MR) is 71.8 cm³/mol. The van der Waals surface area contributed by atoms with Gasteiger partial charge in [0.05, 0.1) is 5.69 Å². The maximum Gasteiger partial charge on any atom is 0.181 e. The molecule has 0 radical (unpaired) electrons. The molecule has 2 aromatic carbocycles. The molecule has 0 aliphatic heterocycles. The standard InChI is InChI=1S/C14H9ClFN3/c15-11-3-1-10(2-4-11)14-17-9-19(18-14)13-7-5-12(16)6-8-13/h1-9H. The Morgan fingerprint density at radius 3 is 2.32 bits per heavy atom. The van der Waals surface area contributed by atoms with Gasteiger partial charge in [0.25, 0.3) is 0 Å². The Kier molecular flexibility index (Phi) is 3.01. The maximum absolute atomic E-state index is 12.9. The summed E-state index contributed by atoms with van der Waals surface area (Å²) < 4.78 is 14.5. The monoisotopic (exact) mass is 273 g/mol. The number of rotatable bonds is 2. The van der Waals surface area contributed by atoms with Gasteiger partial charge in [-0.05, 0) is 48.5 Å². The molecule has 0 aliphatic carbocycles. The SMILES string of the molecule is Fc1ccc(-n2cnc(-c3ccc(Cl)cc3)n2)cc1. The molecular formula is C14H9ClFN3. The first-order valence-electron chi connectivity index (χ1n) is 5.66. The molecule has 3 nitrogen and oxygen atoms in total. The van der Waals surface area contributed by atoms with Crippen molar-refractivity contribution in [2.45, 2.75) is 0 Å². The highest BCUT2D eigenvalue weighted by atomic mass is 35.5. The fraction of sp³-hybridized carbons (Fsp3) is 0. The van der Waals surface area contributed by atoms with Crippen molar-refractivity contribution in [3.63, 3.8) is 0 Å². The Hall–Kier alpha value is -2.20. The van der Waals surface area contributed by atoms with Gasteiger partial charge in [0.1, 0.15) is 12.1 Å². The van der Waals surface area contributed by atoms with E-state index in [1.54, 1.807) is 35.3 Å². The van der Waals surface area contributed by atoms with E-state index in [0.717, 1.165) is 11.3 Å². The van der Waals surface area contributed by atoms with Crippen molar-refractivity contribution in [1.82, 2.24) is 14.8 Å². The van der Waals surface area contributed by atoms with E-state index in [2.05, 4.69) is 10.1 Å². The van der Waals surface area contributed by atoms with E-state index in [0.29, 0.717) is 10.8 Å². The molecule has 5 heteroatoms. The van der Waals surface area contributed by atoms with Gasteiger partial charge < -0.3 is 0 Å². The molecule has 0 fully saturated rings. The van der Waals surface area contributed by atoms with Crippen LogP contribution in [0.25, 0.3) is 17.1 Å². The van der Waals surface area contributed by atoms with E-state index in [1.807, 2.05) is 12.1 Å². The molecule has 0 bridgehead atoms. The molecule has 0 amide bonds. The average Bonchev–Trinajstić information content (AvgIpc) is 2.90. The number of nitrogens with zero attached hydrogens (tertiary/aromatic N) is 3. The van der Waals surface area contributed by atoms with Gasteiger partial charge in [-0.2, -0.15) is 0 Å². The lowest BCUT2D eigenvalue weighted by molar-refractivity contribution is 0.627. The zero-order valence-corrected chi connectivity index (χ0v) is 10.5. The van der Waals surface area contributed by atoms with E-state index >= 15 is 0 Å². The first kappa shape index (κ1) is 11.9. The van der Waals surface area contributed by atoms with E-state index in [4.69, 9.17) is 11.6 Å². The lowest BCUT2D eigenvalue weighted by Gasteiger charge is -1.99. The molecule has 19 heavy (non-hydrogen) atoms. The van der Waals surface area contributed by atoms with E-state index in [9.17, 15) is 4.39 Å². The average molecular weight is 274 g/mol. The maximum atomic E-state index is 12.9. The minimum atomic E-state index is -0.276. The molecule has 3 aromatic rings. The van der Waals surface area contributed by atoms with E-state index in [-0.39, 0.29) is 5.82 Å². The Balaban J connectivity index is 1.95. The first-order chi connectivity index (χ1) is 9.22. The molecule has 0 N–H and O–H groups in total. The smallest absolute Gasteiger partial charge is 0.181 e. The second-order valence-electron chi connectivity index (χ2n) is 4.00. The van der Waals surface area contributed by atoms with Gasteiger partial charge in [0, 0.05) is 10.6 Å². The van der Waals surface area contributed by atoms with Crippen LogP contribution in [-0.2, 0) is 0 Å². The van der Waals surface area contributed by atoms with Crippen LogP contribution in [0.2, 0.25) is 5.02 Å². The fourth-order valence-electron chi connectivity index (χ4n) is 1.71. The fourth-order valence-corrected chi connectivity index (χ4v) is 1.84. The molecule has 0 saturated carbocycles. The van der Waals surface area contributed by atoms with Crippen molar-refractivity contribution in [3.8, 4) is 17.1 Å². The van der Waals surface area contributed by atoms with Crippen LogP contribution >= 0.6 is 11.6 Å². The summed E-state index contributed by atoms with van der Waals surface area (Å²) in [6.45, 7) is 0. The van der Waals surface area contributed by atoms with Crippen LogP contribution in [0.5, 0.6) is 0 Å². The van der Waals surface area contributed by atoms with Crippen LogP contribution in [0, 0.1) is 5.82 Å². The van der Waals surface area contributed by atoms with Crippen molar-refractivity contribution in [2.75, 3.05) is 0 Å². The third kappa shape index (κ3) is 2.48. The van der Waals surface area contributed by atoms with Crippen LogP contribution in [0.4, 0.5) is 4.39 Å². The molecule has 94 valence electrons. The first-order valence-corrected chi connectivity index (χ1v) is 6.04. The Labute approximate surface area is 114 Å². The quantitative estimate of drug-likeness (QED) is 0.712. The largest absolute Gasteiger partial charge is 0.220 e. The van der Waals surface area contributed by atoms with Crippen LogP contribution < -0.4 is 0 Å². The Morgan fingerprint density at radius 1 is 0.947 bits per heavy atom. The summed E-state index contributed by atoms with van der Waals surface area (Å²) in [4.78, 5) is 4.23. The van der Waals surface area contributed by atoms with Crippen molar-refractivity contribution < 1.29 is 4.39 Å². The molecule has 0 aliphatic rings. The number of aromatic nitrogens is 3. The second kappa shape index (κ2) is 4.82. The summed E-state index contributed by atoms with van der Waals surface area (Å²) in [5.41, 5.74) is 1.64. The summed E-state index contributed by atoms with van der Waals surface area (Å²) in [7, 11) is 0. The lowest BCUT2D eigenvalue weighted by atomic mass is 10.2. The highest BCUT2D eigenvalue weighted by Crippen LogP contribution is 2.18. The highest BCUT2D eigenvalue weighted by Gasteiger charge is 2.05.